The smallest absolute Gasteiger partial charge is 0.325 e. The van der Waals surface area contributed by atoms with Gasteiger partial charge < -0.3 is 9.64 Å². The number of ether oxygens (including phenoxy) is 1. The zero-order valence-electron chi connectivity index (χ0n) is 19.0. The van der Waals surface area contributed by atoms with Crippen LogP contribution in [0.5, 0.6) is 0 Å². The quantitative estimate of drug-likeness (QED) is 0.464. The summed E-state index contributed by atoms with van der Waals surface area (Å²) in [5.41, 5.74) is 2.93. The van der Waals surface area contributed by atoms with Crippen molar-refractivity contribution in [3.05, 3.63) is 70.7 Å². The molecule has 0 radical (unpaired) electrons. The Balaban J connectivity index is 1.54. The van der Waals surface area contributed by atoms with Crippen LogP contribution < -0.4 is 0 Å². The van der Waals surface area contributed by atoms with Gasteiger partial charge in [0.1, 0.15) is 0 Å². The molecule has 0 aromatic heterocycles. The van der Waals surface area contributed by atoms with E-state index in [0.29, 0.717) is 43.8 Å². The average molecular weight is 502 g/mol. The van der Waals surface area contributed by atoms with E-state index in [1.54, 1.807) is 5.01 Å². The molecule has 5 rings (SSSR count). The third kappa shape index (κ3) is 4.98. The third-order valence-corrected chi connectivity index (χ3v) is 8.05. The number of morpholine rings is 1. The van der Waals surface area contributed by atoms with Crippen molar-refractivity contribution in [2.75, 3.05) is 39.9 Å². The largest absolute Gasteiger partial charge is 0.379 e. The van der Waals surface area contributed by atoms with Gasteiger partial charge in [-0.15, -0.1) is 4.40 Å². The molecule has 2 fully saturated rings. The summed E-state index contributed by atoms with van der Waals surface area (Å²) in [7, 11) is -1.97. The molecule has 0 bridgehead atoms. The summed E-state index contributed by atoms with van der Waals surface area (Å²) in [5.74, 6) is 0.324. The molecule has 3 aliphatic rings. The summed E-state index contributed by atoms with van der Waals surface area (Å²) >= 11 is 6.12. The van der Waals surface area contributed by atoms with Crippen molar-refractivity contribution in [1.82, 2.24) is 14.2 Å². The Morgan fingerprint density at radius 3 is 2.41 bits per heavy atom. The molecule has 1 aliphatic carbocycles. The first kappa shape index (κ1) is 23.3. The van der Waals surface area contributed by atoms with Crippen molar-refractivity contribution in [3.63, 3.8) is 0 Å². The highest BCUT2D eigenvalue weighted by molar-refractivity contribution is 7.87. The highest BCUT2D eigenvalue weighted by Gasteiger charge is 2.38. The number of guanidine groups is 1. The van der Waals surface area contributed by atoms with E-state index in [1.807, 2.05) is 54.4 Å². The number of hydrogen-bond acceptors (Lipinski definition) is 4. The van der Waals surface area contributed by atoms with E-state index in [1.165, 1.54) is 4.31 Å². The number of rotatable bonds is 5. The Bertz CT molecular complexity index is 1180. The SMILES string of the molecule is CN(C(=NS(=O)(=O)N1CCOCC1)N1CC(c2ccccc2)C(c2ccc(Cl)cc2)=N1)C1CC1. The number of benzene rings is 2. The van der Waals surface area contributed by atoms with Crippen LogP contribution >= 0.6 is 11.6 Å². The second-order valence-corrected chi connectivity index (χ2v) is 10.8. The first-order valence-corrected chi connectivity index (χ1v) is 13.3. The Morgan fingerprint density at radius 1 is 1.09 bits per heavy atom. The van der Waals surface area contributed by atoms with E-state index in [0.717, 1.165) is 29.7 Å². The lowest BCUT2D eigenvalue weighted by atomic mass is 9.91. The zero-order chi connectivity index (χ0) is 23.7. The van der Waals surface area contributed by atoms with Crippen molar-refractivity contribution in [2.45, 2.75) is 24.8 Å². The maximum absolute atomic E-state index is 13.2. The lowest BCUT2D eigenvalue weighted by Crippen LogP contribution is -2.44. The molecule has 8 nitrogen and oxygen atoms in total. The van der Waals surface area contributed by atoms with Crippen molar-refractivity contribution < 1.29 is 13.2 Å². The van der Waals surface area contributed by atoms with E-state index >= 15 is 0 Å². The summed E-state index contributed by atoms with van der Waals surface area (Å²) in [4.78, 5) is 1.95. The van der Waals surface area contributed by atoms with Gasteiger partial charge in [-0.2, -0.15) is 17.8 Å². The molecular formula is C24H28ClN5O3S. The fourth-order valence-corrected chi connectivity index (χ4v) is 5.59. The van der Waals surface area contributed by atoms with Gasteiger partial charge in [0.2, 0.25) is 5.96 Å². The van der Waals surface area contributed by atoms with E-state index in [4.69, 9.17) is 21.4 Å². The van der Waals surface area contributed by atoms with Crippen LogP contribution in [0.4, 0.5) is 0 Å². The molecule has 34 heavy (non-hydrogen) atoms. The molecule has 2 aromatic rings. The van der Waals surface area contributed by atoms with Gasteiger partial charge in [0.25, 0.3) is 0 Å². The fraction of sp³-hybridized carbons (Fsp3) is 0.417. The number of hydrogen-bond donors (Lipinski definition) is 0. The van der Waals surface area contributed by atoms with Gasteiger partial charge in [-0.05, 0) is 36.1 Å². The lowest BCUT2D eigenvalue weighted by Gasteiger charge is -2.29. The van der Waals surface area contributed by atoms with Crippen LogP contribution in [0.3, 0.4) is 0 Å². The minimum absolute atomic E-state index is 0.0359. The monoisotopic (exact) mass is 501 g/mol. The first-order chi connectivity index (χ1) is 16.4. The molecule has 1 saturated carbocycles. The third-order valence-electron chi connectivity index (χ3n) is 6.39. The summed E-state index contributed by atoms with van der Waals surface area (Å²) in [5, 5.41) is 7.34. The average Bonchev–Trinajstić information content (AvgIpc) is 3.62. The minimum atomic E-state index is -3.87. The minimum Gasteiger partial charge on any atom is -0.379 e. The molecule has 0 amide bonds. The second kappa shape index (κ2) is 9.65. The van der Waals surface area contributed by atoms with Gasteiger partial charge in [-0.1, -0.05) is 54.1 Å². The molecule has 1 unspecified atom stereocenters. The van der Waals surface area contributed by atoms with Crippen molar-refractivity contribution >= 4 is 33.5 Å². The molecular weight excluding hydrogens is 474 g/mol. The Labute approximate surface area is 205 Å². The van der Waals surface area contributed by atoms with Crippen molar-refractivity contribution in [1.29, 1.82) is 0 Å². The Hall–Kier alpha value is -2.46. The normalized spacial score (nSPS) is 22.1. The van der Waals surface area contributed by atoms with Crippen LogP contribution in [0.2, 0.25) is 5.02 Å². The molecule has 1 saturated heterocycles. The number of nitrogens with zero attached hydrogens (tertiary/aromatic N) is 5. The summed E-state index contributed by atoms with van der Waals surface area (Å²) in [6.45, 7) is 1.86. The van der Waals surface area contributed by atoms with Crippen LogP contribution in [-0.4, -0.2) is 80.2 Å². The van der Waals surface area contributed by atoms with Gasteiger partial charge in [0, 0.05) is 37.1 Å². The van der Waals surface area contributed by atoms with Crippen LogP contribution in [0.15, 0.2) is 64.1 Å². The standard InChI is InChI=1S/C24H28ClN5O3S/c1-28(21-11-12-21)24(27-34(31,32)29-13-15-33-16-14-29)30-17-22(18-5-3-2-4-6-18)23(26-30)19-7-9-20(25)10-8-19/h2-10,21-22H,11-17H2,1H3. The molecule has 0 N–H and O–H groups in total. The molecule has 1 atom stereocenters. The maximum atomic E-state index is 13.2. The predicted octanol–water partition coefficient (Wildman–Crippen LogP) is 3.17. The summed E-state index contributed by atoms with van der Waals surface area (Å²) in [6, 6.07) is 18.0. The number of hydrazone groups is 1. The molecule has 2 heterocycles. The highest BCUT2D eigenvalue weighted by atomic mass is 35.5. The van der Waals surface area contributed by atoms with Gasteiger partial charge in [-0.3, -0.25) is 0 Å². The molecule has 10 heteroatoms. The van der Waals surface area contributed by atoms with E-state index < -0.39 is 10.2 Å². The Morgan fingerprint density at radius 2 is 1.76 bits per heavy atom. The van der Waals surface area contributed by atoms with Gasteiger partial charge in [0.15, 0.2) is 0 Å². The van der Waals surface area contributed by atoms with Crippen molar-refractivity contribution in [2.24, 2.45) is 9.50 Å². The van der Waals surface area contributed by atoms with Crippen LogP contribution in [0.25, 0.3) is 0 Å². The van der Waals surface area contributed by atoms with E-state index in [9.17, 15) is 8.42 Å². The summed E-state index contributed by atoms with van der Waals surface area (Å²) in [6.07, 6.45) is 2.02. The zero-order valence-corrected chi connectivity index (χ0v) is 20.6. The lowest BCUT2D eigenvalue weighted by molar-refractivity contribution is 0.0730. The maximum Gasteiger partial charge on any atom is 0.325 e. The molecule has 0 spiro atoms. The van der Waals surface area contributed by atoms with Gasteiger partial charge >= 0.3 is 10.2 Å². The molecule has 180 valence electrons. The van der Waals surface area contributed by atoms with E-state index in [2.05, 4.69) is 16.5 Å². The van der Waals surface area contributed by atoms with Crippen LogP contribution in [0.1, 0.15) is 29.9 Å². The molecule has 2 aliphatic heterocycles. The first-order valence-electron chi connectivity index (χ1n) is 11.5. The summed E-state index contributed by atoms with van der Waals surface area (Å²) < 4.78 is 37.4. The fourth-order valence-electron chi connectivity index (χ4n) is 4.31. The van der Waals surface area contributed by atoms with E-state index in [-0.39, 0.29) is 12.0 Å². The number of halogens is 1. The topological polar surface area (TPSA) is 77.8 Å². The van der Waals surface area contributed by atoms with Crippen molar-refractivity contribution in [3.8, 4) is 0 Å². The van der Waals surface area contributed by atoms with Crippen LogP contribution in [0, 0.1) is 0 Å². The second-order valence-electron chi connectivity index (χ2n) is 8.76. The molecule has 2 aromatic carbocycles. The van der Waals surface area contributed by atoms with Crippen LogP contribution in [-0.2, 0) is 14.9 Å². The Kier molecular flexibility index (Phi) is 6.61. The van der Waals surface area contributed by atoms with Gasteiger partial charge in [-0.25, -0.2) is 5.01 Å². The predicted molar refractivity (Wildman–Crippen MR) is 133 cm³/mol. The van der Waals surface area contributed by atoms with Gasteiger partial charge in [0.05, 0.1) is 25.5 Å². The highest BCUT2D eigenvalue weighted by Crippen LogP contribution is 2.32.